The minimum absolute atomic E-state index is 0.00202. The number of nitrogens with one attached hydrogen (secondary N) is 3. The molecule has 1 aliphatic carbocycles. The molecule has 2 fully saturated rings. The molecule has 1 unspecified atom stereocenters. The van der Waals surface area contributed by atoms with Gasteiger partial charge in [-0.2, -0.15) is 0 Å². The van der Waals surface area contributed by atoms with Crippen molar-refractivity contribution in [3.8, 4) is 0 Å². The molecule has 3 heterocycles. The van der Waals surface area contributed by atoms with Gasteiger partial charge in [-0.25, -0.2) is 4.98 Å². The first kappa shape index (κ1) is 14.2. The lowest BCUT2D eigenvalue weighted by Gasteiger charge is -2.51. The number of H-pyrrole nitrogens is 1. The normalized spacial score (nSPS) is 22.6. The SMILES string of the molecule is O=C(Cc1c[nH]c2ncccc12)NC1CCC(=O)NC12CCC2. The van der Waals surface area contributed by atoms with Gasteiger partial charge in [-0.15, -0.1) is 0 Å². The molecule has 120 valence electrons. The van der Waals surface area contributed by atoms with Crippen molar-refractivity contribution >= 4 is 22.8 Å². The van der Waals surface area contributed by atoms with Crippen LogP contribution >= 0.6 is 0 Å². The van der Waals surface area contributed by atoms with E-state index in [1.165, 1.54) is 0 Å². The summed E-state index contributed by atoms with van der Waals surface area (Å²) in [6, 6.07) is 3.89. The zero-order chi connectivity index (χ0) is 15.9. The monoisotopic (exact) mass is 312 g/mol. The van der Waals surface area contributed by atoms with E-state index in [4.69, 9.17) is 0 Å². The molecule has 2 aliphatic rings. The highest BCUT2D eigenvalue weighted by Crippen LogP contribution is 2.38. The van der Waals surface area contributed by atoms with E-state index >= 15 is 0 Å². The Morgan fingerprint density at radius 2 is 2.30 bits per heavy atom. The van der Waals surface area contributed by atoms with E-state index in [-0.39, 0.29) is 23.4 Å². The highest BCUT2D eigenvalue weighted by atomic mass is 16.2. The number of nitrogens with zero attached hydrogens (tertiary/aromatic N) is 1. The highest BCUT2D eigenvalue weighted by molar-refractivity contribution is 5.87. The molecule has 0 radical (unpaired) electrons. The summed E-state index contributed by atoms with van der Waals surface area (Å²) >= 11 is 0. The summed E-state index contributed by atoms with van der Waals surface area (Å²) in [6.45, 7) is 0. The molecule has 4 rings (SSSR count). The Hall–Kier alpha value is -2.37. The molecule has 0 bridgehead atoms. The van der Waals surface area contributed by atoms with Crippen LogP contribution in [0.25, 0.3) is 11.0 Å². The lowest BCUT2D eigenvalue weighted by molar-refractivity contribution is -0.131. The van der Waals surface area contributed by atoms with Crippen molar-refractivity contribution in [2.24, 2.45) is 0 Å². The second-order valence-electron chi connectivity index (χ2n) is 6.61. The summed E-state index contributed by atoms with van der Waals surface area (Å²) in [7, 11) is 0. The van der Waals surface area contributed by atoms with Crippen molar-refractivity contribution in [1.29, 1.82) is 0 Å². The first-order valence-corrected chi connectivity index (χ1v) is 8.18. The van der Waals surface area contributed by atoms with Crippen molar-refractivity contribution in [3.05, 3.63) is 30.1 Å². The van der Waals surface area contributed by atoms with Gasteiger partial charge in [-0.1, -0.05) is 0 Å². The van der Waals surface area contributed by atoms with Gasteiger partial charge in [0.2, 0.25) is 11.8 Å². The smallest absolute Gasteiger partial charge is 0.224 e. The number of carbonyl (C=O) groups is 2. The molecule has 6 heteroatoms. The van der Waals surface area contributed by atoms with E-state index in [9.17, 15) is 9.59 Å². The van der Waals surface area contributed by atoms with Crippen molar-refractivity contribution in [3.63, 3.8) is 0 Å². The number of hydrogen-bond acceptors (Lipinski definition) is 3. The summed E-state index contributed by atoms with van der Waals surface area (Å²) in [5, 5.41) is 7.23. The van der Waals surface area contributed by atoms with Crippen molar-refractivity contribution < 1.29 is 9.59 Å². The molecule has 23 heavy (non-hydrogen) atoms. The van der Waals surface area contributed by atoms with Crippen LogP contribution in [-0.2, 0) is 16.0 Å². The van der Waals surface area contributed by atoms with Gasteiger partial charge in [-0.3, -0.25) is 9.59 Å². The van der Waals surface area contributed by atoms with Gasteiger partial charge in [-0.05, 0) is 43.4 Å². The molecule has 6 nitrogen and oxygen atoms in total. The van der Waals surface area contributed by atoms with Gasteiger partial charge < -0.3 is 15.6 Å². The predicted octanol–water partition coefficient (Wildman–Crippen LogP) is 1.42. The molecule has 1 saturated heterocycles. The second-order valence-corrected chi connectivity index (χ2v) is 6.61. The molecule has 1 saturated carbocycles. The number of rotatable bonds is 3. The second kappa shape index (κ2) is 5.37. The average Bonchev–Trinajstić information content (AvgIpc) is 2.91. The fourth-order valence-electron chi connectivity index (χ4n) is 3.80. The lowest BCUT2D eigenvalue weighted by Crippen LogP contribution is -2.68. The van der Waals surface area contributed by atoms with Gasteiger partial charge in [0.1, 0.15) is 5.65 Å². The highest BCUT2D eigenvalue weighted by Gasteiger charge is 2.48. The van der Waals surface area contributed by atoms with Crippen LogP contribution in [0.15, 0.2) is 24.5 Å². The van der Waals surface area contributed by atoms with E-state index < -0.39 is 0 Å². The van der Waals surface area contributed by atoms with Crippen LogP contribution in [0.2, 0.25) is 0 Å². The first-order valence-electron chi connectivity index (χ1n) is 8.18. The van der Waals surface area contributed by atoms with Gasteiger partial charge in [0.15, 0.2) is 0 Å². The molecule has 1 spiro atoms. The summed E-state index contributed by atoms with van der Waals surface area (Å²) in [5.41, 5.74) is 1.55. The van der Waals surface area contributed by atoms with Crippen LogP contribution in [0, 0.1) is 0 Å². The Morgan fingerprint density at radius 1 is 1.43 bits per heavy atom. The Kier molecular flexibility index (Phi) is 3.32. The first-order chi connectivity index (χ1) is 11.2. The van der Waals surface area contributed by atoms with Crippen LogP contribution in [0.3, 0.4) is 0 Å². The Bertz CT molecular complexity index is 763. The summed E-state index contributed by atoms with van der Waals surface area (Å²) in [4.78, 5) is 31.5. The quantitative estimate of drug-likeness (QED) is 0.801. The van der Waals surface area contributed by atoms with Crippen LogP contribution in [0.5, 0.6) is 0 Å². The van der Waals surface area contributed by atoms with E-state index in [0.29, 0.717) is 12.8 Å². The van der Waals surface area contributed by atoms with Crippen molar-refractivity contribution in [2.45, 2.75) is 50.1 Å². The number of aromatic amines is 1. The Morgan fingerprint density at radius 3 is 3.09 bits per heavy atom. The average molecular weight is 312 g/mol. The lowest BCUT2D eigenvalue weighted by atomic mass is 9.68. The van der Waals surface area contributed by atoms with Crippen LogP contribution in [0.4, 0.5) is 0 Å². The zero-order valence-electron chi connectivity index (χ0n) is 12.9. The molecular weight excluding hydrogens is 292 g/mol. The van der Waals surface area contributed by atoms with Crippen LogP contribution < -0.4 is 10.6 Å². The van der Waals surface area contributed by atoms with Gasteiger partial charge in [0, 0.05) is 24.2 Å². The molecular formula is C17H20N4O2. The number of aromatic nitrogens is 2. The van der Waals surface area contributed by atoms with E-state index in [2.05, 4.69) is 20.6 Å². The van der Waals surface area contributed by atoms with E-state index in [0.717, 1.165) is 42.3 Å². The third-order valence-electron chi connectivity index (χ3n) is 5.18. The maximum atomic E-state index is 12.5. The molecule has 0 aromatic carbocycles. The minimum Gasteiger partial charge on any atom is -0.351 e. The molecule has 1 atom stereocenters. The fourth-order valence-corrected chi connectivity index (χ4v) is 3.80. The molecule has 2 aromatic rings. The van der Waals surface area contributed by atoms with Gasteiger partial charge in [0.05, 0.1) is 18.0 Å². The van der Waals surface area contributed by atoms with Crippen LogP contribution in [0.1, 0.15) is 37.7 Å². The number of amides is 2. The van der Waals surface area contributed by atoms with Crippen molar-refractivity contribution in [2.75, 3.05) is 0 Å². The van der Waals surface area contributed by atoms with Gasteiger partial charge >= 0.3 is 0 Å². The molecule has 1 aliphatic heterocycles. The standard InChI is InChI=1S/C17H20N4O2/c22-14-5-4-13(17(21-14)6-2-7-17)20-15(23)9-11-10-19-16-12(11)3-1-8-18-16/h1,3,8,10,13H,2,4-7,9H2,(H,18,19)(H,20,23)(H,21,22). The Labute approximate surface area is 134 Å². The van der Waals surface area contributed by atoms with Gasteiger partial charge in [0.25, 0.3) is 0 Å². The third kappa shape index (κ3) is 2.48. The van der Waals surface area contributed by atoms with Crippen molar-refractivity contribution in [1.82, 2.24) is 20.6 Å². The molecule has 2 aromatic heterocycles. The number of pyridine rings is 1. The zero-order valence-corrected chi connectivity index (χ0v) is 12.9. The molecule has 3 N–H and O–H groups in total. The summed E-state index contributed by atoms with van der Waals surface area (Å²) in [5.74, 6) is 0.111. The maximum absolute atomic E-state index is 12.5. The largest absolute Gasteiger partial charge is 0.351 e. The number of hydrogen-bond donors (Lipinski definition) is 3. The number of carbonyl (C=O) groups excluding carboxylic acids is 2. The number of fused-ring (bicyclic) bond motifs is 1. The summed E-state index contributed by atoms with van der Waals surface area (Å²) < 4.78 is 0. The topological polar surface area (TPSA) is 86.9 Å². The summed E-state index contributed by atoms with van der Waals surface area (Å²) in [6.07, 6.45) is 8.15. The Balaban J connectivity index is 1.46. The van der Waals surface area contributed by atoms with Crippen LogP contribution in [-0.4, -0.2) is 33.4 Å². The van der Waals surface area contributed by atoms with E-state index in [1.807, 2.05) is 18.3 Å². The van der Waals surface area contributed by atoms with E-state index in [1.54, 1.807) is 6.20 Å². The number of piperidine rings is 1. The minimum atomic E-state index is -0.202. The maximum Gasteiger partial charge on any atom is 0.224 e. The fraction of sp³-hybridized carbons (Fsp3) is 0.471. The third-order valence-corrected chi connectivity index (χ3v) is 5.18. The molecule has 2 amide bonds. The predicted molar refractivity (Wildman–Crippen MR) is 85.7 cm³/mol.